The van der Waals surface area contributed by atoms with Gasteiger partial charge in [-0.2, -0.15) is 0 Å². The van der Waals surface area contributed by atoms with E-state index < -0.39 is 11.7 Å². The number of carbonyl (C=O) groups is 1. The number of aromatic nitrogens is 2. The number of rotatable bonds is 5. The quantitative estimate of drug-likeness (QED) is 0.483. The molecule has 1 N–H and O–H groups in total. The summed E-state index contributed by atoms with van der Waals surface area (Å²) in [5.41, 5.74) is -0.729. The van der Waals surface area contributed by atoms with E-state index in [-0.39, 0.29) is 12.4 Å². The van der Waals surface area contributed by atoms with Crippen LogP contribution in [0.25, 0.3) is 0 Å². The fourth-order valence-corrected chi connectivity index (χ4v) is 3.60. The van der Waals surface area contributed by atoms with Crippen LogP contribution in [0.1, 0.15) is 51.8 Å². The summed E-state index contributed by atoms with van der Waals surface area (Å²) in [6.45, 7) is 6.08. The van der Waals surface area contributed by atoms with Crippen molar-refractivity contribution >= 4 is 17.7 Å². The number of amides is 1. The molecule has 0 aromatic carbocycles. The molecule has 0 saturated carbocycles. The predicted octanol–water partition coefficient (Wildman–Crippen LogP) is 2.86. The van der Waals surface area contributed by atoms with Crippen LogP contribution >= 0.6 is 0 Å². The van der Waals surface area contributed by atoms with E-state index in [2.05, 4.69) is 22.4 Å². The van der Waals surface area contributed by atoms with Gasteiger partial charge in [0, 0.05) is 19.7 Å². The van der Waals surface area contributed by atoms with Gasteiger partial charge >= 0.3 is 6.09 Å². The van der Waals surface area contributed by atoms with Gasteiger partial charge in [-0.25, -0.2) is 14.8 Å². The molecule has 1 aromatic rings. The minimum atomic E-state index is -0.729. The van der Waals surface area contributed by atoms with Crippen LogP contribution in [-0.4, -0.2) is 37.4 Å². The second kappa shape index (κ2) is 8.56. The number of carbonyl (C=O) groups excluding carboxylic acids is 1. The minimum Gasteiger partial charge on any atom is -0.740 e. The fraction of sp³-hybridized carbons (Fsp3) is 0.632. The van der Waals surface area contributed by atoms with Crippen molar-refractivity contribution < 1.29 is 19.0 Å². The third-order valence-corrected chi connectivity index (χ3v) is 5.12. The number of hydrogen-bond acceptors (Lipinski definition) is 6. The Morgan fingerprint density at radius 1 is 1.44 bits per heavy atom. The maximum atomic E-state index is 13.1. The number of anilines is 2. The normalized spacial score (nSPS) is 22.5. The lowest BCUT2D eigenvalue weighted by Crippen LogP contribution is -2.49. The van der Waals surface area contributed by atoms with Crippen molar-refractivity contribution in [3.8, 4) is 0 Å². The van der Waals surface area contributed by atoms with Crippen LogP contribution in [0.5, 0.6) is 0 Å². The monoisotopic (exact) mass is 376 g/mol. The molecule has 27 heavy (non-hydrogen) atoms. The van der Waals surface area contributed by atoms with Gasteiger partial charge in [-0.1, -0.05) is 24.1 Å². The fourth-order valence-electron chi connectivity index (χ4n) is 3.60. The summed E-state index contributed by atoms with van der Waals surface area (Å²) in [6, 6.07) is 1.61. The summed E-state index contributed by atoms with van der Waals surface area (Å²) in [7, 11) is 0. The maximum Gasteiger partial charge on any atom is 0.473 e. The third kappa shape index (κ3) is 4.16. The molecule has 8 nitrogen and oxygen atoms in total. The van der Waals surface area contributed by atoms with Crippen molar-refractivity contribution in [3.05, 3.63) is 29.3 Å². The molecule has 1 amide bonds. The Bertz CT molecular complexity index is 701. The Labute approximate surface area is 159 Å². The highest BCUT2D eigenvalue weighted by Gasteiger charge is 2.42. The van der Waals surface area contributed by atoms with E-state index in [4.69, 9.17) is 14.5 Å². The molecule has 0 aliphatic carbocycles. The van der Waals surface area contributed by atoms with Gasteiger partial charge in [0.15, 0.2) is 5.60 Å². The number of ether oxygens (including phenoxy) is 2. The summed E-state index contributed by atoms with van der Waals surface area (Å²) in [5, 5.41) is 15.6. The van der Waals surface area contributed by atoms with Gasteiger partial charge in [-0.3, -0.25) is 0 Å². The van der Waals surface area contributed by atoms with Crippen LogP contribution in [0.2, 0.25) is 0 Å². The molecule has 1 fully saturated rings. The van der Waals surface area contributed by atoms with Gasteiger partial charge in [0.2, 0.25) is 11.6 Å². The highest BCUT2D eigenvalue weighted by molar-refractivity contribution is 5.83. The average Bonchev–Trinajstić information content (AvgIpc) is 2.71. The summed E-state index contributed by atoms with van der Waals surface area (Å²) in [6.07, 6.45) is 7.81. The Kier molecular flexibility index (Phi) is 6.15. The van der Waals surface area contributed by atoms with Gasteiger partial charge in [-0.15, -0.1) is 0 Å². The van der Waals surface area contributed by atoms with Gasteiger partial charge in [0.1, 0.15) is 0 Å². The standard InChI is InChI=1S/C19H28N4O4/c1-3-19(10-6-9-13-27-19)17-20-15(22-11-7-5-8-12-22)14-16(23(17)25)21-18(24)26-4-2/h5,7,14H,3-4,6,8-13H2,1-2H3,(H,21,24). The SMILES string of the molecule is CCOC(=O)Nc1cc(N2CC=CCC2)nc(C2(CC)CCCCO2)[n+]1[O-]. The van der Waals surface area contributed by atoms with E-state index in [1.54, 1.807) is 13.0 Å². The van der Waals surface area contributed by atoms with E-state index >= 15 is 0 Å². The zero-order valence-corrected chi connectivity index (χ0v) is 16.1. The first-order valence-corrected chi connectivity index (χ1v) is 9.72. The highest BCUT2D eigenvalue weighted by atomic mass is 16.5. The Hall–Kier alpha value is -2.35. The van der Waals surface area contributed by atoms with Crippen molar-refractivity contribution in [2.75, 3.05) is 36.5 Å². The molecular formula is C19H28N4O4. The van der Waals surface area contributed by atoms with Crippen LogP contribution < -0.4 is 14.9 Å². The average molecular weight is 376 g/mol. The molecule has 0 radical (unpaired) electrons. The lowest BCUT2D eigenvalue weighted by molar-refractivity contribution is -0.613. The summed E-state index contributed by atoms with van der Waals surface area (Å²) < 4.78 is 11.7. The van der Waals surface area contributed by atoms with Crippen LogP contribution in [0.15, 0.2) is 18.2 Å². The smallest absolute Gasteiger partial charge is 0.473 e. The van der Waals surface area contributed by atoms with E-state index in [1.807, 2.05) is 6.92 Å². The molecular weight excluding hydrogens is 348 g/mol. The van der Waals surface area contributed by atoms with Crippen LogP contribution in [0, 0.1) is 5.21 Å². The molecule has 2 aliphatic heterocycles. The second-order valence-electron chi connectivity index (χ2n) is 6.82. The lowest BCUT2D eigenvalue weighted by atomic mass is 9.90. The third-order valence-electron chi connectivity index (χ3n) is 5.12. The zero-order valence-electron chi connectivity index (χ0n) is 16.1. The van der Waals surface area contributed by atoms with E-state index in [0.717, 1.165) is 32.2 Å². The Balaban J connectivity index is 2.04. The second-order valence-corrected chi connectivity index (χ2v) is 6.82. The zero-order chi connectivity index (χ0) is 19.3. The molecule has 8 heteroatoms. The van der Waals surface area contributed by atoms with Crippen molar-refractivity contribution in [2.45, 2.75) is 51.6 Å². The number of nitrogens with zero attached hydrogens (tertiary/aromatic N) is 3. The molecule has 2 aliphatic rings. The number of hydrogen-bond donors (Lipinski definition) is 1. The van der Waals surface area contributed by atoms with Gasteiger partial charge < -0.3 is 19.6 Å². The first kappa shape index (κ1) is 19.4. The van der Waals surface area contributed by atoms with E-state index in [0.29, 0.717) is 35.9 Å². The van der Waals surface area contributed by atoms with Crippen LogP contribution in [0.3, 0.4) is 0 Å². The van der Waals surface area contributed by atoms with Crippen molar-refractivity contribution in [3.63, 3.8) is 0 Å². The predicted molar refractivity (Wildman–Crippen MR) is 102 cm³/mol. The maximum absolute atomic E-state index is 13.1. The van der Waals surface area contributed by atoms with Crippen LogP contribution in [-0.2, 0) is 15.1 Å². The van der Waals surface area contributed by atoms with Crippen LogP contribution in [0.4, 0.5) is 16.4 Å². The molecule has 1 saturated heterocycles. The lowest BCUT2D eigenvalue weighted by Gasteiger charge is -2.36. The summed E-state index contributed by atoms with van der Waals surface area (Å²) in [5.74, 6) is 1.09. The summed E-state index contributed by atoms with van der Waals surface area (Å²) >= 11 is 0. The van der Waals surface area contributed by atoms with Gasteiger partial charge in [0.05, 0.1) is 12.7 Å². The topological polar surface area (TPSA) is 90.6 Å². The first-order chi connectivity index (χ1) is 13.1. The van der Waals surface area contributed by atoms with E-state index in [1.165, 1.54) is 0 Å². The molecule has 148 valence electrons. The molecule has 1 aromatic heterocycles. The van der Waals surface area contributed by atoms with Crippen molar-refractivity contribution in [2.24, 2.45) is 0 Å². The molecule has 0 bridgehead atoms. The molecule has 3 rings (SSSR count). The van der Waals surface area contributed by atoms with Crippen molar-refractivity contribution in [1.82, 2.24) is 4.98 Å². The van der Waals surface area contributed by atoms with Gasteiger partial charge in [0.25, 0.3) is 5.82 Å². The molecule has 1 atom stereocenters. The Morgan fingerprint density at radius 3 is 2.93 bits per heavy atom. The van der Waals surface area contributed by atoms with Gasteiger partial charge in [-0.05, 0) is 39.0 Å². The van der Waals surface area contributed by atoms with E-state index in [9.17, 15) is 10.0 Å². The molecule has 1 unspecified atom stereocenters. The van der Waals surface area contributed by atoms with Crippen molar-refractivity contribution in [1.29, 1.82) is 0 Å². The molecule has 0 spiro atoms. The largest absolute Gasteiger partial charge is 0.740 e. The molecule has 3 heterocycles. The highest BCUT2D eigenvalue weighted by Crippen LogP contribution is 2.37. The minimum absolute atomic E-state index is 0.116. The Morgan fingerprint density at radius 2 is 2.30 bits per heavy atom. The summed E-state index contributed by atoms with van der Waals surface area (Å²) in [4.78, 5) is 18.7. The number of nitrogens with one attached hydrogen (secondary N) is 1. The first-order valence-electron chi connectivity index (χ1n) is 9.72.